The first-order valence-corrected chi connectivity index (χ1v) is 6.61. The van der Waals surface area contributed by atoms with E-state index in [1.807, 2.05) is 12.1 Å². The minimum atomic E-state index is -0.585. The summed E-state index contributed by atoms with van der Waals surface area (Å²) in [5, 5.41) is 10.6. The highest BCUT2D eigenvalue weighted by Crippen LogP contribution is 2.37. The van der Waals surface area contributed by atoms with E-state index in [9.17, 15) is 5.11 Å². The van der Waals surface area contributed by atoms with Gasteiger partial charge in [-0.3, -0.25) is 0 Å². The molecule has 1 saturated heterocycles. The summed E-state index contributed by atoms with van der Waals surface area (Å²) in [5.41, 5.74) is 1.69. The zero-order valence-corrected chi connectivity index (χ0v) is 11.2. The third-order valence-corrected chi connectivity index (χ3v) is 3.92. The predicted octanol–water partition coefficient (Wildman–Crippen LogP) is 2.48. The molecule has 0 saturated carbocycles. The van der Waals surface area contributed by atoms with Crippen molar-refractivity contribution >= 4 is 0 Å². The molecule has 2 rings (SSSR count). The van der Waals surface area contributed by atoms with Crippen LogP contribution in [0.15, 0.2) is 24.3 Å². The van der Waals surface area contributed by atoms with E-state index in [1.54, 1.807) is 7.11 Å². The van der Waals surface area contributed by atoms with E-state index < -0.39 is 11.7 Å². The van der Waals surface area contributed by atoms with Crippen LogP contribution in [0.3, 0.4) is 0 Å². The van der Waals surface area contributed by atoms with E-state index in [-0.39, 0.29) is 0 Å². The third-order valence-electron chi connectivity index (χ3n) is 3.92. The zero-order valence-electron chi connectivity index (χ0n) is 11.2. The second kappa shape index (κ2) is 5.83. The van der Waals surface area contributed by atoms with Crippen molar-refractivity contribution in [2.24, 2.45) is 0 Å². The molecule has 3 heteroatoms. The molecule has 0 amide bonds. The minimum Gasteiger partial charge on any atom is -0.385 e. The Bertz CT molecular complexity index is 383. The Morgan fingerprint density at radius 3 is 2.72 bits per heavy atom. The van der Waals surface area contributed by atoms with Crippen LogP contribution >= 0.6 is 0 Å². The molecule has 0 radical (unpaired) electrons. The molecule has 0 aromatic heterocycles. The maximum Gasteiger partial charge on any atom is 0.108 e. The average molecular weight is 250 g/mol. The molecule has 3 nitrogen and oxygen atoms in total. The van der Waals surface area contributed by atoms with E-state index in [4.69, 9.17) is 9.47 Å². The van der Waals surface area contributed by atoms with Gasteiger partial charge in [0.05, 0.1) is 0 Å². The summed E-state index contributed by atoms with van der Waals surface area (Å²) >= 11 is 0. The largest absolute Gasteiger partial charge is 0.385 e. The van der Waals surface area contributed by atoms with E-state index in [0.29, 0.717) is 13.2 Å². The second-order valence-electron chi connectivity index (χ2n) is 4.88. The molecule has 1 heterocycles. The Hall–Kier alpha value is -0.900. The lowest BCUT2D eigenvalue weighted by atomic mass is 9.83. The number of benzene rings is 1. The Morgan fingerprint density at radius 1 is 1.39 bits per heavy atom. The van der Waals surface area contributed by atoms with Crippen molar-refractivity contribution in [3.05, 3.63) is 35.4 Å². The maximum atomic E-state index is 10.6. The van der Waals surface area contributed by atoms with Gasteiger partial charge in [0.15, 0.2) is 0 Å². The highest BCUT2D eigenvalue weighted by atomic mass is 16.5. The average Bonchev–Trinajstić information content (AvgIpc) is 2.47. The van der Waals surface area contributed by atoms with Crippen molar-refractivity contribution in [2.45, 2.75) is 37.9 Å². The first kappa shape index (κ1) is 13.5. The molecular formula is C15H22O3. The summed E-state index contributed by atoms with van der Waals surface area (Å²) in [7, 11) is 1.68. The van der Waals surface area contributed by atoms with Gasteiger partial charge in [-0.05, 0) is 17.5 Å². The summed E-state index contributed by atoms with van der Waals surface area (Å²) in [5.74, 6) is 0. The number of ether oxygens (including phenoxy) is 2. The topological polar surface area (TPSA) is 38.7 Å². The minimum absolute atomic E-state index is 0.495. The van der Waals surface area contributed by atoms with Gasteiger partial charge in [-0.2, -0.15) is 0 Å². The molecule has 18 heavy (non-hydrogen) atoms. The first-order chi connectivity index (χ1) is 8.72. The van der Waals surface area contributed by atoms with Gasteiger partial charge in [-0.15, -0.1) is 0 Å². The van der Waals surface area contributed by atoms with Crippen LogP contribution in [0.4, 0.5) is 0 Å². The summed E-state index contributed by atoms with van der Waals surface area (Å²) in [6.45, 7) is 3.42. The molecule has 0 aliphatic carbocycles. The predicted molar refractivity (Wildman–Crippen MR) is 70.6 cm³/mol. The van der Waals surface area contributed by atoms with Crippen molar-refractivity contribution < 1.29 is 14.6 Å². The van der Waals surface area contributed by atoms with E-state index in [0.717, 1.165) is 24.8 Å². The smallest absolute Gasteiger partial charge is 0.108 e. The maximum absolute atomic E-state index is 10.6. The van der Waals surface area contributed by atoms with Crippen LogP contribution in [0.2, 0.25) is 0 Å². The first-order valence-electron chi connectivity index (χ1n) is 6.61. The van der Waals surface area contributed by atoms with Crippen LogP contribution in [0.1, 0.15) is 37.0 Å². The van der Waals surface area contributed by atoms with Gasteiger partial charge in [0, 0.05) is 33.2 Å². The summed E-state index contributed by atoms with van der Waals surface area (Å²) in [6, 6.07) is 8.13. The molecule has 1 unspecified atom stereocenters. The molecule has 100 valence electrons. The van der Waals surface area contributed by atoms with Crippen LogP contribution in [-0.2, 0) is 15.9 Å². The van der Waals surface area contributed by atoms with Gasteiger partial charge in [-0.1, -0.05) is 31.2 Å². The summed E-state index contributed by atoms with van der Waals surface area (Å²) < 4.78 is 11.0. The number of hydrogen-bond donors (Lipinski definition) is 1. The van der Waals surface area contributed by atoms with Gasteiger partial charge in [0.1, 0.15) is 11.7 Å². The number of aliphatic hydroxyl groups excluding tert-OH is 1. The lowest BCUT2D eigenvalue weighted by Gasteiger charge is -2.40. The SMILES string of the molecule is CCc1cccc(C(O)C2(OC)CCOCC2)c1. The third kappa shape index (κ3) is 2.58. The fourth-order valence-corrected chi connectivity index (χ4v) is 2.59. The molecule has 1 aromatic rings. The highest BCUT2D eigenvalue weighted by molar-refractivity contribution is 5.27. The molecule has 1 fully saturated rings. The van der Waals surface area contributed by atoms with Gasteiger partial charge >= 0.3 is 0 Å². The zero-order chi connectivity index (χ0) is 13.0. The van der Waals surface area contributed by atoms with Crippen molar-refractivity contribution in [1.29, 1.82) is 0 Å². The fourth-order valence-electron chi connectivity index (χ4n) is 2.59. The Morgan fingerprint density at radius 2 is 2.11 bits per heavy atom. The Balaban J connectivity index is 2.24. The molecule has 1 aliphatic heterocycles. The van der Waals surface area contributed by atoms with E-state index >= 15 is 0 Å². The standard InChI is InChI=1S/C15H22O3/c1-3-12-5-4-6-13(11-12)14(16)15(17-2)7-9-18-10-8-15/h4-6,11,14,16H,3,7-10H2,1-2H3. The van der Waals surface area contributed by atoms with Crippen LogP contribution in [-0.4, -0.2) is 31.0 Å². The fraction of sp³-hybridized carbons (Fsp3) is 0.600. The van der Waals surface area contributed by atoms with Crippen molar-refractivity contribution in [1.82, 2.24) is 0 Å². The number of methoxy groups -OCH3 is 1. The van der Waals surface area contributed by atoms with Gasteiger partial charge < -0.3 is 14.6 Å². The lowest BCUT2D eigenvalue weighted by Crippen LogP contribution is -2.43. The van der Waals surface area contributed by atoms with E-state index in [1.165, 1.54) is 5.56 Å². The summed E-state index contributed by atoms with van der Waals surface area (Å²) in [4.78, 5) is 0. The van der Waals surface area contributed by atoms with E-state index in [2.05, 4.69) is 19.1 Å². The quantitative estimate of drug-likeness (QED) is 0.892. The Labute approximate surface area is 109 Å². The highest BCUT2D eigenvalue weighted by Gasteiger charge is 2.40. The summed E-state index contributed by atoms with van der Waals surface area (Å²) in [6.07, 6.45) is 1.86. The molecule has 1 aromatic carbocycles. The van der Waals surface area contributed by atoms with Crippen molar-refractivity contribution in [2.75, 3.05) is 20.3 Å². The second-order valence-corrected chi connectivity index (χ2v) is 4.88. The molecule has 1 aliphatic rings. The van der Waals surface area contributed by atoms with Crippen LogP contribution in [0.25, 0.3) is 0 Å². The molecule has 1 atom stereocenters. The van der Waals surface area contributed by atoms with Crippen LogP contribution in [0.5, 0.6) is 0 Å². The van der Waals surface area contributed by atoms with Crippen LogP contribution < -0.4 is 0 Å². The number of rotatable bonds is 4. The Kier molecular flexibility index (Phi) is 4.38. The molecule has 0 bridgehead atoms. The number of aryl methyl sites for hydroxylation is 1. The lowest BCUT2D eigenvalue weighted by molar-refractivity contribution is -0.154. The van der Waals surface area contributed by atoms with Gasteiger partial charge in [-0.25, -0.2) is 0 Å². The van der Waals surface area contributed by atoms with Gasteiger partial charge in [0.2, 0.25) is 0 Å². The molecule has 0 spiro atoms. The molecular weight excluding hydrogens is 228 g/mol. The molecule has 1 N–H and O–H groups in total. The number of aliphatic hydroxyl groups is 1. The monoisotopic (exact) mass is 250 g/mol. The van der Waals surface area contributed by atoms with Crippen molar-refractivity contribution in [3.8, 4) is 0 Å². The van der Waals surface area contributed by atoms with Crippen LogP contribution in [0, 0.1) is 0 Å². The van der Waals surface area contributed by atoms with Gasteiger partial charge in [0.25, 0.3) is 0 Å². The van der Waals surface area contributed by atoms with Crippen molar-refractivity contribution in [3.63, 3.8) is 0 Å². The number of hydrogen-bond acceptors (Lipinski definition) is 3. The normalized spacial score (nSPS) is 20.6.